The van der Waals surface area contributed by atoms with Crippen molar-refractivity contribution in [3.63, 3.8) is 0 Å². The number of ketones is 1. The van der Waals surface area contributed by atoms with Gasteiger partial charge in [-0.1, -0.05) is 40.9 Å². The summed E-state index contributed by atoms with van der Waals surface area (Å²) in [5.41, 5.74) is -0.0491. The molecule has 2 rings (SSSR count). The van der Waals surface area contributed by atoms with Gasteiger partial charge in [0.05, 0.1) is 5.60 Å². The van der Waals surface area contributed by atoms with E-state index in [-0.39, 0.29) is 11.7 Å². The average Bonchev–Trinajstić information content (AvgIpc) is 2.93. The van der Waals surface area contributed by atoms with Crippen molar-refractivity contribution in [1.29, 1.82) is 0 Å². The first kappa shape index (κ1) is 17.2. The van der Waals surface area contributed by atoms with Crippen LogP contribution in [0, 0.1) is 0 Å². The van der Waals surface area contributed by atoms with Gasteiger partial charge in [0.25, 0.3) is 0 Å². The van der Waals surface area contributed by atoms with E-state index in [0.717, 1.165) is 30.2 Å². The van der Waals surface area contributed by atoms with E-state index in [1.54, 1.807) is 12.1 Å². The Morgan fingerprint density at radius 1 is 1.14 bits per heavy atom. The van der Waals surface area contributed by atoms with Crippen molar-refractivity contribution in [2.24, 2.45) is 0 Å². The number of nitrogens with one attached hydrogen (secondary N) is 1. The quantitative estimate of drug-likeness (QED) is 0.727. The smallest absolute Gasteiger partial charge is 0.220 e. The maximum absolute atomic E-state index is 12.0. The molecule has 4 nitrogen and oxygen atoms in total. The number of Topliss-reactive ketones (excluding diaryl/α,β-unsaturated/α-hetero) is 1. The van der Waals surface area contributed by atoms with Crippen LogP contribution in [0.15, 0.2) is 28.7 Å². The Kier molecular flexibility index (Phi) is 6.15. The summed E-state index contributed by atoms with van der Waals surface area (Å²) in [6.07, 6.45) is 4.77. The van der Waals surface area contributed by atoms with Crippen LogP contribution < -0.4 is 5.32 Å². The zero-order chi connectivity index (χ0) is 16.0. The fourth-order valence-electron chi connectivity index (χ4n) is 2.75. The second-order valence-electron chi connectivity index (χ2n) is 5.99. The first-order valence-electron chi connectivity index (χ1n) is 7.76. The molecule has 0 unspecified atom stereocenters. The second kappa shape index (κ2) is 7.88. The van der Waals surface area contributed by atoms with Crippen molar-refractivity contribution < 1.29 is 14.7 Å². The number of hydrogen-bond donors (Lipinski definition) is 2. The molecule has 1 aliphatic carbocycles. The number of benzene rings is 1. The highest BCUT2D eigenvalue weighted by molar-refractivity contribution is 9.10. The summed E-state index contributed by atoms with van der Waals surface area (Å²) in [7, 11) is 0. The molecule has 1 aromatic carbocycles. The van der Waals surface area contributed by atoms with Crippen molar-refractivity contribution in [2.75, 3.05) is 6.54 Å². The predicted molar refractivity (Wildman–Crippen MR) is 88.8 cm³/mol. The van der Waals surface area contributed by atoms with Gasteiger partial charge in [-0.3, -0.25) is 9.59 Å². The van der Waals surface area contributed by atoms with Crippen LogP contribution in [-0.4, -0.2) is 28.9 Å². The molecule has 0 heterocycles. The Morgan fingerprint density at radius 3 is 2.41 bits per heavy atom. The maximum atomic E-state index is 12.0. The SMILES string of the molecule is O=C(CCCC(=O)c1ccc(Br)cc1)NCC1(O)CCCC1. The summed E-state index contributed by atoms with van der Waals surface area (Å²) in [4.78, 5) is 23.7. The van der Waals surface area contributed by atoms with Gasteiger partial charge in [0.2, 0.25) is 5.91 Å². The fourth-order valence-corrected chi connectivity index (χ4v) is 3.02. The fraction of sp³-hybridized carbons (Fsp3) is 0.529. The lowest BCUT2D eigenvalue weighted by Crippen LogP contribution is -2.40. The van der Waals surface area contributed by atoms with Crippen molar-refractivity contribution in [1.82, 2.24) is 5.32 Å². The molecule has 1 amide bonds. The number of carbonyl (C=O) groups excluding carboxylic acids is 2. The van der Waals surface area contributed by atoms with Gasteiger partial charge in [0, 0.05) is 29.4 Å². The molecule has 22 heavy (non-hydrogen) atoms. The van der Waals surface area contributed by atoms with Crippen LogP contribution in [0.3, 0.4) is 0 Å². The highest BCUT2D eigenvalue weighted by Crippen LogP contribution is 2.28. The zero-order valence-corrected chi connectivity index (χ0v) is 14.2. The summed E-state index contributed by atoms with van der Waals surface area (Å²) in [5.74, 6) is -0.0429. The van der Waals surface area contributed by atoms with Gasteiger partial charge < -0.3 is 10.4 Å². The van der Waals surface area contributed by atoms with Gasteiger partial charge in [-0.15, -0.1) is 0 Å². The maximum Gasteiger partial charge on any atom is 0.220 e. The third-order valence-corrected chi connectivity index (χ3v) is 4.65. The lowest BCUT2D eigenvalue weighted by Gasteiger charge is -2.22. The van der Waals surface area contributed by atoms with Crippen molar-refractivity contribution in [3.8, 4) is 0 Å². The lowest BCUT2D eigenvalue weighted by molar-refractivity contribution is -0.122. The van der Waals surface area contributed by atoms with E-state index in [2.05, 4.69) is 21.2 Å². The minimum Gasteiger partial charge on any atom is -0.388 e. The zero-order valence-electron chi connectivity index (χ0n) is 12.6. The van der Waals surface area contributed by atoms with Crippen LogP contribution in [0.5, 0.6) is 0 Å². The van der Waals surface area contributed by atoms with E-state index in [0.29, 0.717) is 31.4 Å². The Morgan fingerprint density at radius 2 is 1.77 bits per heavy atom. The van der Waals surface area contributed by atoms with Crippen molar-refractivity contribution in [3.05, 3.63) is 34.3 Å². The highest BCUT2D eigenvalue weighted by atomic mass is 79.9. The van der Waals surface area contributed by atoms with Crippen LogP contribution in [0.25, 0.3) is 0 Å². The Bertz CT molecular complexity index is 521. The minimum absolute atomic E-state index is 0.0507. The summed E-state index contributed by atoms with van der Waals surface area (Å²) < 4.78 is 0.938. The van der Waals surface area contributed by atoms with E-state index in [4.69, 9.17) is 0 Å². The van der Waals surface area contributed by atoms with Crippen molar-refractivity contribution in [2.45, 2.75) is 50.5 Å². The number of rotatable bonds is 7. The van der Waals surface area contributed by atoms with Crippen LogP contribution >= 0.6 is 15.9 Å². The number of aliphatic hydroxyl groups is 1. The number of carbonyl (C=O) groups is 2. The van der Waals surface area contributed by atoms with Gasteiger partial charge in [0.1, 0.15) is 0 Å². The van der Waals surface area contributed by atoms with E-state index in [1.807, 2.05) is 12.1 Å². The summed E-state index contributed by atoms with van der Waals surface area (Å²) >= 11 is 3.33. The molecule has 2 N–H and O–H groups in total. The molecule has 0 bridgehead atoms. The third-order valence-electron chi connectivity index (χ3n) is 4.12. The van der Waals surface area contributed by atoms with Crippen LogP contribution in [0.2, 0.25) is 0 Å². The van der Waals surface area contributed by atoms with Gasteiger partial charge in [0.15, 0.2) is 5.78 Å². The average molecular weight is 368 g/mol. The second-order valence-corrected chi connectivity index (χ2v) is 6.91. The molecule has 1 saturated carbocycles. The molecule has 5 heteroatoms. The molecule has 0 atom stereocenters. The van der Waals surface area contributed by atoms with E-state index in [9.17, 15) is 14.7 Å². The largest absolute Gasteiger partial charge is 0.388 e. The Balaban J connectivity index is 1.66. The first-order valence-corrected chi connectivity index (χ1v) is 8.56. The first-order chi connectivity index (χ1) is 10.5. The molecular formula is C17H22BrNO3. The van der Waals surface area contributed by atoms with Gasteiger partial charge in [-0.2, -0.15) is 0 Å². The molecule has 0 aliphatic heterocycles. The van der Waals surface area contributed by atoms with Gasteiger partial charge >= 0.3 is 0 Å². The number of hydrogen-bond acceptors (Lipinski definition) is 3. The normalized spacial score (nSPS) is 16.5. The van der Waals surface area contributed by atoms with E-state index >= 15 is 0 Å². The minimum atomic E-state index is -0.719. The monoisotopic (exact) mass is 367 g/mol. The predicted octanol–water partition coefficient (Wildman–Crippen LogP) is 3.22. The molecule has 0 radical (unpaired) electrons. The van der Waals surface area contributed by atoms with E-state index in [1.165, 1.54) is 0 Å². The van der Waals surface area contributed by atoms with Gasteiger partial charge in [-0.25, -0.2) is 0 Å². The topological polar surface area (TPSA) is 66.4 Å². The van der Waals surface area contributed by atoms with Crippen molar-refractivity contribution >= 4 is 27.6 Å². The molecule has 0 saturated heterocycles. The molecule has 120 valence electrons. The number of amides is 1. The van der Waals surface area contributed by atoms with Crippen LogP contribution in [-0.2, 0) is 4.79 Å². The summed E-state index contributed by atoms with van der Waals surface area (Å²) in [6, 6.07) is 7.23. The summed E-state index contributed by atoms with van der Waals surface area (Å²) in [5, 5.41) is 12.9. The Labute approximate surface area is 139 Å². The third kappa shape index (κ3) is 5.21. The van der Waals surface area contributed by atoms with E-state index < -0.39 is 5.60 Å². The highest BCUT2D eigenvalue weighted by Gasteiger charge is 2.31. The molecule has 1 aliphatic rings. The van der Waals surface area contributed by atoms with Gasteiger partial charge in [-0.05, 0) is 31.4 Å². The Hall–Kier alpha value is -1.20. The number of halogens is 1. The van der Waals surface area contributed by atoms with Crippen LogP contribution in [0.4, 0.5) is 0 Å². The molecular weight excluding hydrogens is 346 g/mol. The van der Waals surface area contributed by atoms with Crippen LogP contribution in [0.1, 0.15) is 55.3 Å². The molecule has 0 spiro atoms. The standard InChI is InChI=1S/C17H22BrNO3/c18-14-8-6-13(7-9-14)15(20)4-3-5-16(21)19-12-17(22)10-1-2-11-17/h6-9,22H,1-5,10-12H2,(H,19,21). The molecule has 1 aromatic rings. The summed E-state index contributed by atoms with van der Waals surface area (Å²) in [6.45, 7) is 0.326. The molecule has 1 fully saturated rings. The lowest BCUT2D eigenvalue weighted by atomic mass is 10.0. The molecule has 0 aromatic heterocycles.